The van der Waals surface area contributed by atoms with Gasteiger partial charge in [-0.05, 0) is 44.9 Å². The molecular weight excluding hydrogens is 1300 g/mol. The highest BCUT2D eigenvalue weighted by molar-refractivity contribution is 5.76. The quantitative estimate of drug-likeness (QED) is 0.0199. The lowest BCUT2D eigenvalue weighted by atomic mass is 9.96. The predicted octanol–water partition coefficient (Wildman–Crippen LogP) is 14.7. The number of aliphatic hydroxyl groups excluding tert-OH is 11. The molecule has 3 aliphatic rings. The molecule has 3 heterocycles. The minimum atomic E-state index is -1.98. The van der Waals surface area contributed by atoms with Crippen LogP contribution in [0.3, 0.4) is 0 Å². The molecule has 17 unspecified atom stereocenters. The van der Waals surface area contributed by atoms with Crippen LogP contribution in [-0.4, -0.2) is 193 Å². The van der Waals surface area contributed by atoms with Crippen LogP contribution in [0.15, 0.2) is 36.5 Å². The van der Waals surface area contributed by atoms with Gasteiger partial charge in [0, 0.05) is 6.42 Å². The zero-order valence-electron chi connectivity index (χ0n) is 64.4. The summed E-state index contributed by atoms with van der Waals surface area (Å²) in [6, 6.07) is -0.996. The minimum absolute atomic E-state index is 0.237. The second kappa shape index (κ2) is 63.9. The van der Waals surface area contributed by atoms with Gasteiger partial charge in [0.1, 0.15) is 73.2 Å². The second-order valence-electron chi connectivity index (χ2n) is 30.3. The molecule has 17 atom stereocenters. The molecule has 1 amide bonds. The van der Waals surface area contributed by atoms with Crippen molar-refractivity contribution in [3.8, 4) is 0 Å². The van der Waals surface area contributed by atoms with Gasteiger partial charge in [-0.2, -0.15) is 0 Å². The number of carbonyl (C=O) groups excluding carboxylic acids is 1. The van der Waals surface area contributed by atoms with E-state index in [9.17, 15) is 61.0 Å². The standard InChI is InChI=1S/C83H155NO18/c1-3-5-7-9-11-13-15-17-19-21-23-25-27-29-31-33-35-37-39-41-43-45-47-49-51-53-55-57-59-61-71(89)84-66(67(88)60-58-56-54-52-50-48-46-44-42-40-38-36-34-32-30-28-26-24-22-20-18-16-14-12-10-8-6-4-2)65-97-81-77(95)74(92)79(69(63-86)99-81)102-83-78(96)75(93)80(70(64-87)100-83)101-82-76(94)73(91)72(90)68(62-85)98-82/h42,44,50,52,58,60,66-70,72-83,85-88,90-96H,3-41,43,45-49,51,53-57,59,61-65H2,1-2H3,(H,84,89)/b44-42+,52-50+,60-58+. The number of unbranched alkanes of at least 4 members (excludes halogenated alkanes) is 48. The van der Waals surface area contributed by atoms with Crippen molar-refractivity contribution in [3.63, 3.8) is 0 Å². The Morgan fingerprint density at radius 1 is 0.343 bits per heavy atom. The number of hydrogen-bond acceptors (Lipinski definition) is 18. The summed E-state index contributed by atoms with van der Waals surface area (Å²) in [5, 5.41) is 121. The smallest absolute Gasteiger partial charge is 0.220 e. The van der Waals surface area contributed by atoms with Gasteiger partial charge in [0.2, 0.25) is 5.91 Å². The lowest BCUT2D eigenvalue weighted by Crippen LogP contribution is -2.66. The lowest BCUT2D eigenvalue weighted by Gasteiger charge is -2.48. The first-order chi connectivity index (χ1) is 49.8. The van der Waals surface area contributed by atoms with Crippen LogP contribution in [0.4, 0.5) is 0 Å². The van der Waals surface area contributed by atoms with E-state index < -0.39 is 124 Å². The first kappa shape index (κ1) is 94.2. The van der Waals surface area contributed by atoms with Gasteiger partial charge in [-0.25, -0.2) is 0 Å². The van der Waals surface area contributed by atoms with Crippen molar-refractivity contribution in [2.45, 2.75) is 458 Å². The summed E-state index contributed by atoms with van der Waals surface area (Å²) in [5.74, 6) is -0.282. The van der Waals surface area contributed by atoms with Gasteiger partial charge in [-0.1, -0.05) is 339 Å². The van der Waals surface area contributed by atoms with Crippen LogP contribution in [0.1, 0.15) is 354 Å². The van der Waals surface area contributed by atoms with E-state index >= 15 is 0 Å². The number of amides is 1. The lowest BCUT2D eigenvalue weighted by molar-refractivity contribution is -0.379. The third kappa shape index (κ3) is 43.3. The van der Waals surface area contributed by atoms with Gasteiger partial charge in [-0.3, -0.25) is 4.79 Å². The van der Waals surface area contributed by atoms with Gasteiger partial charge >= 0.3 is 0 Å². The summed E-state index contributed by atoms with van der Waals surface area (Å²) in [6.45, 7) is 1.77. The monoisotopic (exact) mass is 1450 g/mol. The molecule has 19 heteroatoms. The highest BCUT2D eigenvalue weighted by Gasteiger charge is 2.54. The Hall–Kier alpha value is -1.99. The van der Waals surface area contributed by atoms with Crippen LogP contribution in [0, 0.1) is 0 Å². The van der Waals surface area contributed by atoms with Crippen LogP contribution >= 0.6 is 0 Å². The largest absolute Gasteiger partial charge is 0.394 e. The number of carbonyl (C=O) groups is 1. The van der Waals surface area contributed by atoms with Gasteiger partial charge < -0.3 is 89.9 Å². The average Bonchev–Trinajstić information content (AvgIpc) is 0.781. The molecule has 3 fully saturated rings. The maximum absolute atomic E-state index is 13.5. The summed E-state index contributed by atoms with van der Waals surface area (Å²) < 4.78 is 34.5. The van der Waals surface area contributed by atoms with Crippen LogP contribution in [0.25, 0.3) is 0 Å². The summed E-state index contributed by atoms with van der Waals surface area (Å²) in [5.41, 5.74) is 0. The van der Waals surface area contributed by atoms with Gasteiger partial charge in [-0.15, -0.1) is 0 Å². The Kier molecular flexibility index (Phi) is 59.0. The molecular formula is C83H155NO18. The average molecular weight is 1460 g/mol. The van der Waals surface area contributed by atoms with Gasteiger partial charge in [0.05, 0.1) is 38.6 Å². The molecule has 0 radical (unpaired) electrons. The number of hydrogen-bond donors (Lipinski definition) is 12. The molecule has 19 nitrogen and oxygen atoms in total. The molecule has 3 rings (SSSR count). The molecule has 0 bridgehead atoms. The molecule has 0 spiro atoms. The number of ether oxygens (including phenoxy) is 6. The van der Waals surface area contributed by atoms with E-state index in [-0.39, 0.29) is 18.9 Å². The van der Waals surface area contributed by atoms with Crippen molar-refractivity contribution < 1.29 is 89.4 Å². The Balaban J connectivity index is 1.37. The molecule has 0 aromatic heterocycles. The molecule has 0 aromatic rings. The van der Waals surface area contributed by atoms with Gasteiger partial charge in [0.15, 0.2) is 18.9 Å². The molecule has 12 N–H and O–H groups in total. The van der Waals surface area contributed by atoms with Crippen molar-refractivity contribution in [1.29, 1.82) is 0 Å². The third-order valence-electron chi connectivity index (χ3n) is 21.2. The maximum Gasteiger partial charge on any atom is 0.220 e. The third-order valence-corrected chi connectivity index (χ3v) is 21.2. The normalized spacial score (nSPS) is 26.3. The summed E-state index contributed by atoms with van der Waals surface area (Å²) in [6.07, 6.45) is 52.9. The second-order valence-corrected chi connectivity index (χ2v) is 30.3. The van der Waals surface area contributed by atoms with Crippen LogP contribution < -0.4 is 5.32 Å². The molecule has 102 heavy (non-hydrogen) atoms. The van der Waals surface area contributed by atoms with E-state index in [0.29, 0.717) is 12.8 Å². The van der Waals surface area contributed by atoms with Crippen molar-refractivity contribution in [2.75, 3.05) is 26.4 Å². The fraction of sp³-hybridized carbons (Fsp3) is 0.916. The van der Waals surface area contributed by atoms with Crippen LogP contribution in [0.5, 0.6) is 0 Å². The zero-order chi connectivity index (χ0) is 73.9. The number of nitrogens with one attached hydrogen (secondary N) is 1. The van der Waals surface area contributed by atoms with E-state index in [1.54, 1.807) is 6.08 Å². The SMILES string of the molecule is CCCCCCCCCCCCCCCCCCCC/C=C/CC/C=C/CC/C=C/C(O)C(COC1OC(CO)C(OC2OC(CO)C(OC3OC(CO)C(O)C(O)C3O)C(O)C2O)C(O)C1O)NC(=O)CCCCCCCCCCCCCCCCCCCCCCCCCCCCCCC. The summed E-state index contributed by atoms with van der Waals surface area (Å²) in [4.78, 5) is 13.5. The number of rotatable bonds is 68. The topological polar surface area (TPSA) is 307 Å². The van der Waals surface area contributed by atoms with E-state index in [2.05, 4.69) is 43.5 Å². The fourth-order valence-electron chi connectivity index (χ4n) is 14.4. The number of allylic oxidation sites excluding steroid dienone is 5. The molecule has 3 aliphatic heterocycles. The van der Waals surface area contributed by atoms with Crippen molar-refractivity contribution in [2.24, 2.45) is 0 Å². The maximum atomic E-state index is 13.5. The highest BCUT2D eigenvalue weighted by atomic mass is 16.8. The van der Waals surface area contributed by atoms with Gasteiger partial charge in [0.25, 0.3) is 0 Å². The first-order valence-corrected chi connectivity index (χ1v) is 42.2. The van der Waals surface area contributed by atoms with E-state index in [1.165, 1.54) is 276 Å². The predicted molar refractivity (Wildman–Crippen MR) is 406 cm³/mol. The summed E-state index contributed by atoms with van der Waals surface area (Å²) in [7, 11) is 0. The molecule has 3 saturated heterocycles. The summed E-state index contributed by atoms with van der Waals surface area (Å²) >= 11 is 0. The van der Waals surface area contributed by atoms with E-state index in [1.807, 2.05) is 6.08 Å². The van der Waals surface area contributed by atoms with Crippen LogP contribution in [0.2, 0.25) is 0 Å². The number of aliphatic hydroxyl groups is 11. The van der Waals surface area contributed by atoms with Crippen molar-refractivity contribution in [1.82, 2.24) is 5.32 Å². The molecule has 600 valence electrons. The van der Waals surface area contributed by atoms with E-state index in [0.717, 1.165) is 44.9 Å². The van der Waals surface area contributed by atoms with Crippen LogP contribution in [-0.2, 0) is 33.2 Å². The Labute approximate surface area is 619 Å². The fourth-order valence-corrected chi connectivity index (χ4v) is 14.4. The zero-order valence-corrected chi connectivity index (χ0v) is 64.4. The first-order valence-electron chi connectivity index (χ1n) is 42.2. The highest BCUT2D eigenvalue weighted by Crippen LogP contribution is 2.33. The van der Waals surface area contributed by atoms with Crippen molar-refractivity contribution >= 4 is 5.91 Å². The Morgan fingerprint density at radius 3 is 0.980 bits per heavy atom. The van der Waals surface area contributed by atoms with E-state index in [4.69, 9.17) is 28.4 Å². The molecule has 0 aromatic carbocycles. The molecule has 0 saturated carbocycles. The molecule has 0 aliphatic carbocycles. The van der Waals surface area contributed by atoms with Crippen molar-refractivity contribution in [3.05, 3.63) is 36.5 Å². The minimum Gasteiger partial charge on any atom is -0.394 e. The Morgan fingerprint density at radius 2 is 0.627 bits per heavy atom. The Bertz CT molecular complexity index is 1980.